The van der Waals surface area contributed by atoms with Crippen LogP contribution in [0.4, 0.5) is 0 Å². The molecule has 0 spiro atoms. The Morgan fingerprint density at radius 3 is 2.38 bits per heavy atom. The summed E-state index contributed by atoms with van der Waals surface area (Å²) >= 11 is 0. The van der Waals surface area contributed by atoms with Crippen molar-refractivity contribution in [2.75, 3.05) is 13.7 Å². The fourth-order valence-electron chi connectivity index (χ4n) is 1.34. The smallest absolute Gasteiger partial charge is 0.337 e. The maximum atomic E-state index is 11.2. The highest BCUT2D eigenvalue weighted by molar-refractivity contribution is 5.89. The molecule has 0 aromatic heterocycles. The van der Waals surface area contributed by atoms with Gasteiger partial charge in [0.1, 0.15) is 0 Å². The Hall–Kier alpha value is -1.35. The van der Waals surface area contributed by atoms with Crippen LogP contribution in [0.2, 0.25) is 0 Å². The molecule has 0 aliphatic rings. The molecular weight excluding hydrogens is 204 g/mol. The minimum Gasteiger partial charge on any atom is -0.465 e. The lowest BCUT2D eigenvalue weighted by molar-refractivity contribution is 0.0600. The highest BCUT2D eigenvalue weighted by Crippen LogP contribution is 2.06. The van der Waals surface area contributed by atoms with Crippen LogP contribution in [0.15, 0.2) is 24.3 Å². The fourth-order valence-corrected chi connectivity index (χ4v) is 1.34. The van der Waals surface area contributed by atoms with Crippen LogP contribution in [-0.4, -0.2) is 25.8 Å². The third-order valence-electron chi connectivity index (χ3n) is 2.22. The van der Waals surface area contributed by atoms with Crippen LogP contribution in [0, 0.1) is 0 Å². The molecular formula is C13H18O3. The summed E-state index contributed by atoms with van der Waals surface area (Å²) in [5.74, 6) is -0.301. The van der Waals surface area contributed by atoms with Crippen molar-refractivity contribution in [1.29, 1.82) is 0 Å². The van der Waals surface area contributed by atoms with Crippen molar-refractivity contribution in [2.24, 2.45) is 0 Å². The van der Waals surface area contributed by atoms with Crippen molar-refractivity contribution in [2.45, 2.75) is 26.4 Å². The summed E-state index contributed by atoms with van der Waals surface area (Å²) in [6, 6.07) is 7.40. The molecule has 0 saturated carbocycles. The van der Waals surface area contributed by atoms with Crippen LogP contribution >= 0.6 is 0 Å². The average Bonchev–Trinajstić information content (AvgIpc) is 2.28. The van der Waals surface area contributed by atoms with Crippen LogP contribution in [0.25, 0.3) is 0 Å². The summed E-state index contributed by atoms with van der Waals surface area (Å²) in [7, 11) is 1.38. The standard InChI is InChI=1S/C13H18O3/c1-10(2)16-9-8-11-4-6-12(7-5-11)13(14)15-3/h4-7,10H,8-9H2,1-3H3. The molecule has 1 aromatic rings. The van der Waals surface area contributed by atoms with Crippen LogP contribution in [0.1, 0.15) is 29.8 Å². The van der Waals surface area contributed by atoms with Gasteiger partial charge in [-0.25, -0.2) is 4.79 Å². The van der Waals surface area contributed by atoms with Gasteiger partial charge in [-0.05, 0) is 38.0 Å². The van der Waals surface area contributed by atoms with Crippen LogP contribution in [0.5, 0.6) is 0 Å². The summed E-state index contributed by atoms with van der Waals surface area (Å²) in [4.78, 5) is 11.2. The lowest BCUT2D eigenvalue weighted by Crippen LogP contribution is -2.06. The summed E-state index contributed by atoms with van der Waals surface area (Å²) in [5.41, 5.74) is 1.74. The number of methoxy groups -OCH3 is 1. The molecule has 0 atom stereocenters. The number of benzene rings is 1. The molecule has 0 aliphatic heterocycles. The monoisotopic (exact) mass is 222 g/mol. The van der Waals surface area contributed by atoms with Gasteiger partial charge in [0.25, 0.3) is 0 Å². The molecule has 0 radical (unpaired) electrons. The molecule has 1 rings (SSSR count). The van der Waals surface area contributed by atoms with Crippen LogP contribution in [-0.2, 0) is 15.9 Å². The quantitative estimate of drug-likeness (QED) is 0.718. The van der Waals surface area contributed by atoms with Crippen molar-refractivity contribution in [3.8, 4) is 0 Å². The van der Waals surface area contributed by atoms with Crippen molar-refractivity contribution in [3.63, 3.8) is 0 Å². The van der Waals surface area contributed by atoms with E-state index < -0.39 is 0 Å². The van der Waals surface area contributed by atoms with Gasteiger partial charge in [0.15, 0.2) is 0 Å². The molecule has 16 heavy (non-hydrogen) atoms. The molecule has 0 aliphatic carbocycles. The zero-order chi connectivity index (χ0) is 12.0. The Labute approximate surface area is 96.4 Å². The van der Waals surface area contributed by atoms with E-state index in [0.717, 1.165) is 12.0 Å². The lowest BCUT2D eigenvalue weighted by atomic mass is 10.1. The van der Waals surface area contributed by atoms with Gasteiger partial charge < -0.3 is 9.47 Å². The maximum Gasteiger partial charge on any atom is 0.337 e. The van der Waals surface area contributed by atoms with Crippen LogP contribution < -0.4 is 0 Å². The van der Waals surface area contributed by atoms with E-state index >= 15 is 0 Å². The minimum absolute atomic E-state index is 0.259. The molecule has 0 heterocycles. The second kappa shape index (κ2) is 6.28. The van der Waals surface area contributed by atoms with E-state index in [4.69, 9.17) is 4.74 Å². The Kier molecular flexibility index (Phi) is 4.99. The van der Waals surface area contributed by atoms with E-state index in [1.54, 1.807) is 12.1 Å². The van der Waals surface area contributed by atoms with Gasteiger partial charge in [-0.2, -0.15) is 0 Å². The predicted molar refractivity (Wildman–Crippen MR) is 62.6 cm³/mol. The number of esters is 1. The third kappa shape index (κ3) is 4.03. The van der Waals surface area contributed by atoms with Crippen molar-refractivity contribution in [1.82, 2.24) is 0 Å². The second-order valence-corrected chi connectivity index (χ2v) is 3.86. The molecule has 0 fully saturated rings. The number of rotatable bonds is 5. The van der Waals surface area contributed by atoms with E-state index in [1.807, 2.05) is 26.0 Å². The van der Waals surface area contributed by atoms with Crippen molar-refractivity contribution in [3.05, 3.63) is 35.4 Å². The second-order valence-electron chi connectivity index (χ2n) is 3.86. The zero-order valence-electron chi connectivity index (χ0n) is 10.0. The van der Waals surface area contributed by atoms with Crippen LogP contribution in [0.3, 0.4) is 0 Å². The number of ether oxygens (including phenoxy) is 2. The van der Waals surface area contributed by atoms with E-state index in [2.05, 4.69) is 4.74 Å². The molecule has 88 valence electrons. The SMILES string of the molecule is COC(=O)c1ccc(CCOC(C)C)cc1. The first-order chi connectivity index (χ1) is 7.63. The first-order valence-electron chi connectivity index (χ1n) is 5.42. The van der Waals surface area contributed by atoms with Gasteiger partial charge in [0.05, 0.1) is 25.4 Å². The van der Waals surface area contributed by atoms with Gasteiger partial charge in [-0.3, -0.25) is 0 Å². The highest BCUT2D eigenvalue weighted by atomic mass is 16.5. The number of carbonyl (C=O) groups is 1. The van der Waals surface area contributed by atoms with Gasteiger partial charge in [0, 0.05) is 0 Å². The van der Waals surface area contributed by atoms with Gasteiger partial charge >= 0.3 is 5.97 Å². The molecule has 3 nitrogen and oxygen atoms in total. The topological polar surface area (TPSA) is 35.5 Å². The van der Waals surface area contributed by atoms with E-state index in [0.29, 0.717) is 12.2 Å². The summed E-state index contributed by atoms with van der Waals surface area (Å²) in [6.45, 7) is 4.73. The summed E-state index contributed by atoms with van der Waals surface area (Å²) in [5, 5.41) is 0. The Bertz CT molecular complexity index is 328. The first-order valence-corrected chi connectivity index (χ1v) is 5.42. The molecule has 0 amide bonds. The Morgan fingerprint density at radius 2 is 1.88 bits per heavy atom. The predicted octanol–water partition coefficient (Wildman–Crippen LogP) is 2.44. The first kappa shape index (κ1) is 12.7. The Morgan fingerprint density at radius 1 is 1.25 bits per heavy atom. The number of hydrogen-bond acceptors (Lipinski definition) is 3. The lowest BCUT2D eigenvalue weighted by Gasteiger charge is -2.07. The van der Waals surface area contributed by atoms with Gasteiger partial charge in [0.2, 0.25) is 0 Å². The minimum atomic E-state index is -0.301. The van der Waals surface area contributed by atoms with Crippen molar-refractivity contribution >= 4 is 5.97 Å². The molecule has 0 saturated heterocycles. The van der Waals surface area contributed by atoms with E-state index in [1.165, 1.54) is 7.11 Å². The summed E-state index contributed by atoms with van der Waals surface area (Å²) < 4.78 is 10.1. The van der Waals surface area contributed by atoms with E-state index in [9.17, 15) is 4.79 Å². The average molecular weight is 222 g/mol. The maximum absolute atomic E-state index is 11.2. The number of hydrogen-bond donors (Lipinski definition) is 0. The van der Waals surface area contributed by atoms with Gasteiger partial charge in [-0.1, -0.05) is 12.1 Å². The van der Waals surface area contributed by atoms with E-state index in [-0.39, 0.29) is 12.1 Å². The normalized spacial score (nSPS) is 10.5. The molecule has 0 unspecified atom stereocenters. The molecule has 3 heteroatoms. The largest absolute Gasteiger partial charge is 0.465 e. The summed E-state index contributed by atoms with van der Waals surface area (Å²) in [6.07, 6.45) is 1.12. The van der Waals surface area contributed by atoms with Crippen molar-refractivity contribution < 1.29 is 14.3 Å². The Balaban J connectivity index is 2.48. The molecule has 0 bridgehead atoms. The highest BCUT2D eigenvalue weighted by Gasteiger charge is 2.04. The molecule has 0 N–H and O–H groups in total. The third-order valence-corrected chi connectivity index (χ3v) is 2.22. The molecule has 1 aromatic carbocycles. The fraction of sp³-hybridized carbons (Fsp3) is 0.462. The zero-order valence-corrected chi connectivity index (χ0v) is 10.0. The van der Waals surface area contributed by atoms with Gasteiger partial charge in [-0.15, -0.1) is 0 Å². The number of carbonyl (C=O) groups excluding carboxylic acids is 1.